The number of piperidine rings is 2. The van der Waals surface area contributed by atoms with E-state index in [4.69, 9.17) is 4.42 Å². The van der Waals surface area contributed by atoms with E-state index in [1.807, 2.05) is 4.90 Å². The van der Waals surface area contributed by atoms with Crippen LogP contribution in [0, 0.1) is 5.92 Å². The fourth-order valence-electron chi connectivity index (χ4n) is 4.83. The highest BCUT2D eigenvalue weighted by atomic mass is 16.3. The van der Waals surface area contributed by atoms with Crippen LogP contribution in [0.4, 0.5) is 0 Å². The number of carbonyl (C=O) groups is 2. The lowest BCUT2D eigenvalue weighted by molar-refractivity contribution is -0.139. The van der Waals surface area contributed by atoms with E-state index in [0.717, 1.165) is 78.0 Å². The summed E-state index contributed by atoms with van der Waals surface area (Å²) in [4.78, 5) is 34.3. The lowest BCUT2D eigenvalue weighted by Crippen LogP contribution is -2.54. The van der Waals surface area contributed by atoms with Crippen LogP contribution in [-0.4, -0.2) is 96.9 Å². The van der Waals surface area contributed by atoms with E-state index >= 15 is 0 Å². The van der Waals surface area contributed by atoms with Crippen molar-refractivity contribution < 1.29 is 14.0 Å². The van der Waals surface area contributed by atoms with Crippen molar-refractivity contribution in [3.8, 4) is 0 Å². The van der Waals surface area contributed by atoms with Crippen molar-refractivity contribution in [2.24, 2.45) is 5.92 Å². The lowest BCUT2D eigenvalue weighted by Gasteiger charge is -2.43. The van der Waals surface area contributed by atoms with Crippen LogP contribution in [0.2, 0.25) is 0 Å². The Kier molecular flexibility index (Phi) is 6.01. The number of likely N-dealkylation sites (N-methyl/N-ethyl adjacent to an activating group) is 1. The first-order valence-corrected chi connectivity index (χ1v) is 10.6. The average Bonchev–Trinajstić information content (AvgIpc) is 3.28. The van der Waals surface area contributed by atoms with Gasteiger partial charge in [0, 0.05) is 51.9 Å². The molecular formula is C21H32N4O3. The van der Waals surface area contributed by atoms with Crippen LogP contribution >= 0.6 is 0 Å². The van der Waals surface area contributed by atoms with Gasteiger partial charge >= 0.3 is 0 Å². The van der Waals surface area contributed by atoms with Crippen molar-refractivity contribution in [3.05, 3.63) is 24.2 Å². The van der Waals surface area contributed by atoms with E-state index in [0.29, 0.717) is 17.5 Å². The maximum absolute atomic E-state index is 13.0. The summed E-state index contributed by atoms with van der Waals surface area (Å²) in [5, 5.41) is 0. The summed E-state index contributed by atoms with van der Waals surface area (Å²) in [6, 6.07) is 2.21. The number of furan rings is 1. The number of amides is 2. The van der Waals surface area contributed by atoms with E-state index < -0.39 is 0 Å². The minimum Gasteiger partial charge on any atom is -0.472 e. The van der Waals surface area contributed by atoms with Crippen molar-refractivity contribution in [3.63, 3.8) is 0 Å². The van der Waals surface area contributed by atoms with Gasteiger partial charge in [0.1, 0.15) is 6.26 Å². The molecule has 0 N–H and O–H groups in total. The lowest BCUT2D eigenvalue weighted by atomic mass is 9.92. The summed E-state index contributed by atoms with van der Waals surface area (Å²) in [6.45, 7) is 7.19. The first kappa shape index (κ1) is 19.5. The SMILES string of the molecule is CN1CCN(C(=O)[C@@H]2CCCN(C3CCN(C(=O)c4ccoc4)CC3)C2)CC1. The molecule has 4 rings (SSSR count). The first-order valence-electron chi connectivity index (χ1n) is 10.6. The monoisotopic (exact) mass is 388 g/mol. The van der Waals surface area contributed by atoms with Crippen LogP contribution < -0.4 is 0 Å². The van der Waals surface area contributed by atoms with Gasteiger partial charge in [-0.25, -0.2) is 0 Å². The number of carbonyl (C=O) groups excluding carboxylic acids is 2. The molecule has 1 atom stereocenters. The predicted octanol–water partition coefficient (Wildman–Crippen LogP) is 1.37. The van der Waals surface area contributed by atoms with Crippen LogP contribution in [-0.2, 0) is 4.79 Å². The number of nitrogens with zero attached hydrogens (tertiary/aromatic N) is 4. The van der Waals surface area contributed by atoms with Gasteiger partial charge in [0.25, 0.3) is 5.91 Å². The molecule has 0 radical (unpaired) electrons. The quantitative estimate of drug-likeness (QED) is 0.783. The highest BCUT2D eigenvalue weighted by Crippen LogP contribution is 2.26. The van der Waals surface area contributed by atoms with Crippen molar-refractivity contribution >= 4 is 11.8 Å². The maximum Gasteiger partial charge on any atom is 0.257 e. The molecule has 3 aliphatic rings. The van der Waals surface area contributed by atoms with Crippen LogP contribution in [0.15, 0.2) is 23.0 Å². The molecular weight excluding hydrogens is 356 g/mol. The molecule has 0 unspecified atom stereocenters. The molecule has 0 saturated carbocycles. The molecule has 4 heterocycles. The number of piperazine rings is 1. The Bertz CT molecular complexity index is 661. The zero-order valence-corrected chi connectivity index (χ0v) is 16.9. The summed E-state index contributed by atoms with van der Waals surface area (Å²) in [5.74, 6) is 0.557. The normalized spacial score (nSPS) is 25.8. The van der Waals surface area contributed by atoms with E-state index in [2.05, 4.69) is 21.7 Å². The molecule has 7 heteroatoms. The number of likely N-dealkylation sites (tertiary alicyclic amines) is 2. The molecule has 3 aliphatic heterocycles. The highest BCUT2D eigenvalue weighted by Gasteiger charge is 2.34. The second kappa shape index (κ2) is 8.66. The Hall–Kier alpha value is -1.86. The third-order valence-electron chi connectivity index (χ3n) is 6.65. The topological polar surface area (TPSA) is 60.2 Å². The Morgan fingerprint density at radius 1 is 0.964 bits per heavy atom. The van der Waals surface area contributed by atoms with Gasteiger partial charge in [-0.05, 0) is 45.3 Å². The summed E-state index contributed by atoms with van der Waals surface area (Å²) >= 11 is 0. The van der Waals surface area contributed by atoms with Gasteiger partial charge in [-0.3, -0.25) is 14.5 Å². The van der Waals surface area contributed by atoms with Crippen molar-refractivity contribution in [2.75, 3.05) is 59.4 Å². The van der Waals surface area contributed by atoms with Crippen LogP contribution in [0.3, 0.4) is 0 Å². The fourth-order valence-corrected chi connectivity index (χ4v) is 4.83. The molecule has 1 aromatic heterocycles. The van der Waals surface area contributed by atoms with E-state index in [1.54, 1.807) is 12.3 Å². The van der Waals surface area contributed by atoms with Crippen LogP contribution in [0.1, 0.15) is 36.0 Å². The molecule has 0 aliphatic carbocycles. The maximum atomic E-state index is 13.0. The highest BCUT2D eigenvalue weighted by molar-refractivity contribution is 5.93. The minimum absolute atomic E-state index is 0.0639. The van der Waals surface area contributed by atoms with Gasteiger partial charge in [-0.2, -0.15) is 0 Å². The summed E-state index contributed by atoms with van der Waals surface area (Å²) in [5.41, 5.74) is 0.634. The molecule has 3 fully saturated rings. The molecule has 2 amide bonds. The fraction of sp³-hybridized carbons (Fsp3) is 0.714. The Morgan fingerprint density at radius 3 is 2.39 bits per heavy atom. The summed E-state index contributed by atoms with van der Waals surface area (Å²) in [6.07, 6.45) is 7.15. The molecule has 3 saturated heterocycles. The van der Waals surface area contributed by atoms with E-state index in [-0.39, 0.29) is 11.8 Å². The third-order valence-corrected chi connectivity index (χ3v) is 6.65. The van der Waals surface area contributed by atoms with Crippen LogP contribution in [0.5, 0.6) is 0 Å². The van der Waals surface area contributed by atoms with Gasteiger partial charge in [0.15, 0.2) is 0 Å². The average molecular weight is 389 g/mol. The zero-order chi connectivity index (χ0) is 19.5. The largest absolute Gasteiger partial charge is 0.472 e. The van der Waals surface area contributed by atoms with E-state index in [9.17, 15) is 9.59 Å². The summed E-state index contributed by atoms with van der Waals surface area (Å²) in [7, 11) is 2.12. The standard InChI is InChI=1S/C21H32N4O3/c1-22-10-12-24(13-11-22)20(26)17-3-2-7-25(15-17)19-4-8-23(9-5-19)21(27)18-6-14-28-16-18/h6,14,16-17,19H,2-5,7-13,15H2,1H3/t17-/m1/s1. The predicted molar refractivity (Wildman–Crippen MR) is 106 cm³/mol. The van der Waals surface area contributed by atoms with Crippen molar-refractivity contribution in [2.45, 2.75) is 31.7 Å². The number of hydrogen-bond donors (Lipinski definition) is 0. The molecule has 0 bridgehead atoms. The molecule has 28 heavy (non-hydrogen) atoms. The molecule has 7 nitrogen and oxygen atoms in total. The minimum atomic E-state index is 0.0639. The number of hydrogen-bond acceptors (Lipinski definition) is 5. The third kappa shape index (κ3) is 4.25. The molecule has 154 valence electrons. The van der Waals surface area contributed by atoms with Crippen molar-refractivity contribution in [1.29, 1.82) is 0 Å². The van der Waals surface area contributed by atoms with Crippen molar-refractivity contribution in [1.82, 2.24) is 19.6 Å². The first-order chi connectivity index (χ1) is 13.6. The Morgan fingerprint density at radius 2 is 1.71 bits per heavy atom. The Balaban J connectivity index is 1.28. The van der Waals surface area contributed by atoms with Gasteiger partial charge in [-0.15, -0.1) is 0 Å². The second-order valence-corrected chi connectivity index (χ2v) is 8.50. The zero-order valence-electron chi connectivity index (χ0n) is 16.9. The van der Waals surface area contributed by atoms with Gasteiger partial charge in [0.05, 0.1) is 17.7 Å². The molecule has 0 spiro atoms. The van der Waals surface area contributed by atoms with Gasteiger partial charge in [-0.1, -0.05) is 0 Å². The molecule has 1 aromatic rings. The molecule has 0 aromatic carbocycles. The second-order valence-electron chi connectivity index (χ2n) is 8.50. The summed E-state index contributed by atoms with van der Waals surface area (Å²) < 4.78 is 5.04. The Labute approximate surface area is 167 Å². The smallest absolute Gasteiger partial charge is 0.257 e. The number of rotatable bonds is 3. The van der Waals surface area contributed by atoms with E-state index in [1.165, 1.54) is 6.26 Å². The van der Waals surface area contributed by atoms with Gasteiger partial charge < -0.3 is 19.1 Å². The van der Waals surface area contributed by atoms with Crippen LogP contribution in [0.25, 0.3) is 0 Å². The van der Waals surface area contributed by atoms with Gasteiger partial charge in [0.2, 0.25) is 5.91 Å².